The van der Waals surface area contributed by atoms with Gasteiger partial charge >= 0.3 is 5.97 Å². The highest BCUT2D eigenvalue weighted by atomic mass is 16.6. The average molecular weight is 651 g/mol. The van der Waals surface area contributed by atoms with Gasteiger partial charge in [-0.25, -0.2) is 4.79 Å². The molecule has 0 radical (unpaired) electrons. The van der Waals surface area contributed by atoms with Crippen LogP contribution in [-0.2, 0) is 64.5 Å². The van der Waals surface area contributed by atoms with Crippen molar-refractivity contribution in [3.8, 4) is 0 Å². The number of ketones is 2. The van der Waals surface area contributed by atoms with Crippen LogP contribution in [0.25, 0.3) is 0 Å². The van der Waals surface area contributed by atoms with Gasteiger partial charge in [-0.2, -0.15) is 0 Å². The van der Waals surface area contributed by atoms with Crippen molar-refractivity contribution in [1.29, 1.82) is 0 Å². The topological polar surface area (TPSA) is 97.4 Å². The lowest BCUT2D eigenvalue weighted by molar-refractivity contribution is -0.174. The van der Waals surface area contributed by atoms with Crippen molar-refractivity contribution in [3.63, 3.8) is 0 Å². The zero-order valence-electron chi connectivity index (χ0n) is 27.4. The molecule has 0 aliphatic carbocycles. The highest BCUT2D eigenvalue weighted by molar-refractivity contribution is 6.20. The van der Waals surface area contributed by atoms with Crippen LogP contribution < -0.4 is 0 Å². The fraction of sp³-hybridized carbons (Fsp3) is 0.275. The van der Waals surface area contributed by atoms with Gasteiger partial charge in [0.1, 0.15) is 23.9 Å². The number of rotatable bonds is 20. The maximum Gasteiger partial charge on any atom is 0.341 e. The molecule has 0 aromatic heterocycles. The van der Waals surface area contributed by atoms with E-state index in [1.165, 1.54) is 6.92 Å². The van der Waals surface area contributed by atoms with Crippen LogP contribution in [0.15, 0.2) is 133 Å². The number of esters is 1. The fourth-order valence-electron chi connectivity index (χ4n) is 4.88. The summed E-state index contributed by atoms with van der Waals surface area (Å²) in [4.78, 5) is 39.4. The van der Waals surface area contributed by atoms with Crippen LogP contribution in [0.3, 0.4) is 0 Å². The lowest BCUT2D eigenvalue weighted by Gasteiger charge is -2.33. The standard InChI is InChI=1S/C40H42O8/c1-3-45-40(43)35(30(2)41)24-36(42)38(47-27-33-20-12-6-13-21-33)39(48-28-34-22-14-7-15-23-34)37(46-26-32-18-10-5-11-19-32)29-44-25-31-16-8-4-9-17-31/h4-24,37-39H,3,25-29H2,1-2H3/b35-24-/t37-,38-,39-/m1/s1. The minimum atomic E-state index is -1.29. The first-order valence-electron chi connectivity index (χ1n) is 16.0. The lowest BCUT2D eigenvalue weighted by atomic mass is 10.00. The molecular formula is C40H42O8. The summed E-state index contributed by atoms with van der Waals surface area (Å²) in [5, 5.41) is 0. The Morgan fingerprint density at radius 3 is 1.50 bits per heavy atom. The van der Waals surface area contributed by atoms with E-state index in [0.29, 0.717) is 6.61 Å². The third-order valence-corrected chi connectivity index (χ3v) is 7.36. The number of benzene rings is 4. The van der Waals surface area contributed by atoms with Crippen LogP contribution in [0.5, 0.6) is 0 Å². The van der Waals surface area contributed by atoms with Crippen LogP contribution in [0.1, 0.15) is 36.1 Å². The zero-order valence-corrected chi connectivity index (χ0v) is 27.4. The van der Waals surface area contributed by atoms with Gasteiger partial charge in [-0.05, 0) is 36.1 Å². The maximum atomic E-state index is 14.2. The molecular weight excluding hydrogens is 608 g/mol. The molecule has 0 saturated heterocycles. The van der Waals surface area contributed by atoms with E-state index < -0.39 is 35.8 Å². The molecule has 0 fully saturated rings. The number of carbonyl (C=O) groups excluding carboxylic acids is 3. The number of hydrogen-bond acceptors (Lipinski definition) is 8. The van der Waals surface area contributed by atoms with Crippen molar-refractivity contribution < 1.29 is 38.1 Å². The monoisotopic (exact) mass is 650 g/mol. The Hall–Kier alpha value is -4.73. The molecule has 4 aromatic rings. The van der Waals surface area contributed by atoms with E-state index in [9.17, 15) is 14.4 Å². The van der Waals surface area contributed by atoms with E-state index in [1.807, 2.05) is 121 Å². The first-order chi connectivity index (χ1) is 23.4. The third kappa shape index (κ3) is 11.8. The second-order valence-electron chi connectivity index (χ2n) is 11.1. The van der Waals surface area contributed by atoms with Gasteiger partial charge in [0.2, 0.25) is 0 Å². The molecule has 0 spiro atoms. The molecule has 0 amide bonds. The molecule has 4 rings (SSSR count). The summed E-state index contributed by atoms with van der Waals surface area (Å²) in [7, 11) is 0. The molecule has 0 heterocycles. The summed E-state index contributed by atoms with van der Waals surface area (Å²) in [5.41, 5.74) is 3.20. The minimum Gasteiger partial charge on any atom is -0.462 e. The Balaban J connectivity index is 1.72. The van der Waals surface area contributed by atoms with Crippen molar-refractivity contribution in [2.75, 3.05) is 13.2 Å². The van der Waals surface area contributed by atoms with E-state index in [1.54, 1.807) is 6.92 Å². The van der Waals surface area contributed by atoms with Crippen LogP contribution in [0.4, 0.5) is 0 Å². The first kappa shape index (κ1) is 36.1. The second kappa shape index (κ2) is 19.8. The van der Waals surface area contributed by atoms with Gasteiger partial charge in [-0.1, -0.05) is 121 Å². The highest BCUT2D eigenvalue weighted by Gasteiger charge is 2.37. The Morgan fingerprint density at radius 1 is 0.604 bits per heavy atom. The van der Waals surface area contributed by atoms with Gasteiger partial charge in [-0.15, -0.1) is 0 Å². The van der Waals surface area contributed by atoms with Crippen LogP contribution >= 0.6 is 0 Å². The van der Waals surface area contributed by atoms with Crippen molar-refractivity contribution >= 4 is 17.5 Å². The molecule has 8 heteroatoms. The first-order valence-corrected chi connectivity index (χ1v) is 16.0. The second-order valence-corrected chi connectivity index (χ2v) is 11.1. The van der Waals surface area contributed by atoms with Gasteiger partial charge in [0, 0.05) is 6.08 Å². The average Bonchev–Trinajstić information content (AvgIpc) is 3.12. The minimum absolute atomic E-state index is 0.0442. The molecule has 0 bridgehead atoms. The molecule has 4 aromatic carbocycles. The van der Waals surface area contributed by atoms with E-state index in [4.69, 9.17) is 23.7 Å². The van der Waals surface area contributed by atoms with Crippen molar-refractivity contribution in [2.24, 2.45) is 0 Å². The molecule has 3 atom stereocenters. The predicted molar refractivity (Wildman–Crippen MR) is 182 cm³/mol. The Labute approximate surface area is 282 Å². The van der Waals surface area contributed by atoms with Gasteiger partial charge < -0.3 is 23.7 Å². The highest BCUT2D eigenvalue weighted by Crippen LogP contribution is 2.22. The Kier molecular flexibility index (Phi) is 14.9. The van der Waals surface area contributed by atoms with E-state index in [2.05, 4.69) is 0 Å². The summed E-state index contributed by atoms with van der Waals surface area (Å²) in [5.74, 6) is -2.13. The lowest BCUT2D eigenvalue weighted by Crippen LogP contribution is -2.48. The normalized spacial score (nSPS) is 13.3. The smallest absolute Gasteiger partial charge is 0.341 e. The van der Waals surface area contributed by atoms with E-state index in [-0.39, 0.29) is 38.6 Å². The Bertz CT molecular complexity index is 1570. The van der Waals surface area contributed by atoms with E-state index in [0.717, 1.165) is 28.3 Å². The van der Waals surface area contributed by atoms with Gasteiger partial charge in [0.05, 0.1) is 39.6 Å². The van der Waals surface area contributed by atoms with Crippen molar-refractivity contribution in [1.82, 2.24) is 0 Å². The Morgan fingerprint density at radius 2 is 1.04 bits per heavy atom. The molecule has 0 aliphatic rings. The van der Waals surface area contributed by atoms with Crippen LogP contribution in [0, 0.1) is 0 Å². The van der Waals surface area contributed by atoms with Gasteiger partial charge in [0.15, 0.2) is 11.6 Å². The maximum absolute atomic E-state index is 14.2. The molecule has 250 valence electrons. The number of Topliss-reactive ketones (excluding diaryl/α,β-unsaturated/α-hetero) is 1. The molecule has 48 heavy (non-hydrogen) atoms. The van der Waals surface area contributed by atoms with Crippen LogP contribution in [-0.4, -0.2) is 49.1 Å². The summed E-state index contributed by atoms with van der Waals surface area (Å²) < 4.78 is 30.6. The van der Waals surface area contributed by atoms with Crippen molar-refractivity contribution in [2.45, 2.75) is 58.6 Å². The summed E-state index contributed by atoms with van der Waals surface area (Å²) in [6.07, 6.45) is -2.13. The number of hydrogen-bond donors (Lipinski definition) is 0. The number of carbonyl (C=O) groups is 3. The number of ether oxygens (including phenoxy) is 5. The van der Waals surface area contributed by atoms with Gasteiger partial charge in [0.25, 0.3) is 0 Å². The molecule has 0 N–H and O–H groups in total. The quantitative estimate of drug-likeness (QED) is 0.0457. The van der Waals surface area contributed by atoms with Crippen LogP contribution in [0.2, 0.25) is 0 Å². The molecule has 0 saturated carbocycles. The molecule has 0 unspecified atom stereocenters. The molecule has 0 aliphatic heterocycles. The predicted octanol–water partition coefficient (Wildman–Crippen LogP) is 6.61. The fourth-order valence-corrected chi connectivity index (χ4v) is 4.88. The largest absolute Gasteiger partial charge is 0.462 e. The molecule has 8 nitrogen and oxygen atoms in total. The van der Waals surface area contributed by atoms with E-state index >= 15 is 0 Å². The summed E-state index contributed by atoms with van der Waals surface area (Å²) in [6.45, 7) is 3.64. The SMILES string of the molecule is CCOC(=O)/C(=C\C(=O)[C@@H](OCc1ccccc1)[C@H](OCc1ccccc1)[C@@H](COCc1ccccc1)OCc1ccccc1)C(C)=O. The van der Waals surface area contributed by atoms with Crippen molar-refractivity contribution in [3.05, 3.63) is 155 Å². The summed E-state index contributed by atoms with van der Waals surface area (Å²) in [6, 6.07) is 38.3. The van der Waals surface area contributed by atoms with Gasteiger partial charge in [-0.3, -0.25) is 9.59 Å². The zero-order chi connectivity index (χ0) is 34.0. The summed E-state index contributed by atoms with van der Waals surface area (Å²) >= 11 is 0. The third-order valence-electron chi connectivity index (χ3n) is 7.36.